The van der Waals surface area contributed by atoms with E-state index in [-0.39, 0.29) is 15.5 Å². The minimum atomic E-state index is -3.98. The molecule has 0 saturated heterocycles. The maximum absolute atomic E-state index is 12.9. The topological polar surface area (TPSA) is 75.3 Å². The van der Waals surface area contributed by atoms with Crippen LogP contribution in [0.2, 0.25) is 5.02 Å². The molecule has 3 aromatic rings. The van der Waals surface area contributed by atoms with Gasteiger partial charge in [0.15, 0.2) is 0 Å². The van der Waals surface area contributed by atoms with Crippen LogP contribution in [0.25, 0.3) is 0 Å². The molecular weight excluding hydrogens is 420 g/mol. The summed E-state index contributed by atoms with van der Waals surface area (Å²) in [5.74, 6) is -0.410. The average Bonchev–Trinajstić information content (AvgIpc) is 2.67. The van der Waals surface area contributed by atoms with Gasteiger partial charge in [0.25, 0.3) is 15.9 Å². The Hall–Kier alpha value is -2.83. The molecule has 0 radical (unpaired) electrons. The van der Waals surface area contributed by atoms with Crippen LogP contribution in [0, 0.1) is 27.7 Å². The number of hydrogen-bond acceptors (Lipinski definition) is 3. The Bertz CT molecular complexity index is 1220. The van der Waals surface area contributed by atoms with Crippen LogP contribution in [0.3, 0.4) is 0 Å². The van der Waals surface area contributed by atoms with Gasteiger partial charge in [0, 0.05) is 16.9 Å². The van der Waals surface area contributed by atoms with Crippen LogP contribution < -0.4 is 10.0 Å². The summed E-state index contributed by atoms with van der Waals surface area (Å²) in [6.07, 6.45) is 0. The summed E-state index contributed by atoms with van der Waals surface area (Å²) >= 11 is 6.17. The average molecular weight is 443 g/mol. The first kappa shape index (κ1) is 21.9. The highest BCUT2D eigenvalue weighted by Gasteiger charge is 2.21. The quantitative estimate of drug-likeness (QED) is 0.537. The van der Waals surface area contributed by atoms with Gasteiger partial charge in [-0.25, -0.2) is 8.42 Å². The second-order valence-corrected chi connectivity index (χ2v) is 9.33. The fourth-order valence-corrected chi connectivity index (χ4v) is 4.64. The maximum Gasteiger partial charge on any atom is 0.263 e. The summed E-state index contributed by atoms with van der Waals surface area (Å²) in [7, 11) is -3.98. The number of benzene rings is 3. The molecule has 2 N–H and O–H groups in total. The SMILES string of the molecule is Cc1ccc(NS(=O)(=O)c2cc(C(=O)Nc3c(C)cccc3C)ccc2Cl)cc1C. The van der Waals surface area contributed by atoms with E-state index >= 15 is 0 Å². The molecular formula is C23H23ClN2O3S. The van der Waals surface area contributed by atoms with E-state index < -0.39 is 15.9 Å². The highest BCUT2D eigenvalue weighted by atomic mass is 35.5. The lowest BCUT2D eigenvalue weighted by atomic mass is 10.1. The Morgan fingerprint density at radius 2 is 1.50 bits per heavy atom. The molecule has 0 aliphatic carbocycles. The van der Waals surface area contributed by atoms with Crippen molar-refractivity contribution < 1.29 is 13.2 Å². The third-order valence-electron chi connectivity index (χ3n) is 4.96. The van der Waals surface area contributed by atoms with E-state index in [0.29, 0.717) is 11.4 Å². The molecule has 5 nitrogen and oxygen atoms in total. The third-order valence-corrected chi connectivity index (χ3v) is 6.82. The molecule has 0 aromatic heterocycles. The second kappa shape index (κ2) is 8.50. The maximum atomic E-state index is 12.9. The Kier molecular flexibility index (Phi) is 6.19. The van der Waals surface area contributed by atoms with Crippen molar-refractivity contribution in [1.82, 2.24) is 0 Å². The Morgan fingerprint density at radius 1 is 0.833 bits per heavy atom. The summed E-state index contributed by atoms with van der Waals surface area (Å²) in [5.41, 5.74) is 5.18. The van der Waals surface area contributed by atoms with Crippen molar-refractivity contribution >= 4 is 38.9 Å². The highest BCUT2D eigenvalue weighted by molar-refractivity contribution is 7.92. The number of amides is 1. The smallest absolute Gasteiger partial charge is 0.263 e. The first-order valence-corrected chi connectivity index (χ1v) is 11.2. The number of anilines is 2. The van der Waals surface area contributed by atoms with E-state index in [2.05, 4.69) is 10.0 Å². The van der Waals surface area contributed by atoms with E-state index in [1.54, 1.807) is 12.1 Å². The fraction of sp³-hybridized carbons (Fsp3) is 0.174. The molecule has 0 heterocycles. The van der Waals surface area contributed by atoms with Crippen molar-refractivity contribution in [2.24, 2.45) is 0 Å². The summed E-state index contributed by atoms with van der Waals surface area (Å²) in [5, 5.41) is 2.90. The minimum Gasteiger partial charge on any atom is -0.322 e. The molecule has 0 fully saturated rings. The summed E-state index contributed by atoms with van der Waals surface area (Å²) in [4.78, 5) is 12.6. The van der Waals surface area contributed by atoms with Crippen LogP contribution in [0.15, 0.2) is 59.5 Å². The predicted octanol–water partition coefficient (Wildman–Crippen LogP) is 5.63. The van der Waals surface area contributed by atoms with Crippen molar-refractivity contribution in [1.29, 1.82) is 0 Å². The lowest BCUT2D eigenvalue weighted by Crippen LogP contribution is -2.17. The van der Waals surface area contributed by atoms with Gasteiger partial charge in [-0.05, 0) is 80.3 Å². The van der Waals surface area contributed by atoms with Crippen LogP contribution in [-0.4, -0.2) is 14.3 Å². The molecule has 7 heteroatoms. The number of sulfonamides is 1. The normalized spacial score (nSPS) is 11.2. The van der Waals surface area contributed by atoms with E-state index in [9.17, 15) is 13.2 Å². The third kappa shape index (κ3) is 4.66. The Morgan fingerprint density at radius 3 is 2.13 bits per heavy atom. The van der Waals surface area contributed by atoms with E-state index in [1.165, 1.54) is 18.2 Å². The molecule has 3 rings (SSSR count). The zero-order valence-electron chi connectivity index (χ0n) is 17.2. The molecule has 0 unspecified atom stereocenters. The van der Waals surface area contributed by atoms with Crippen molar-refractivity contribution in [3.8, 4) is 0 Å². The van der Waals surface area contributed by atoms with Gasteiger partial charge in [-0.3, -0.25) is 9.52 Å². The molecule has 0 aliphatic heterocycles. The molecule has 0 spiro atoms. The minimum absolute atomic E-state index is 0.0370. The number of nitrogens with one attached hydrogen (secondary N) is 2. The van der Waals surface area contributed by atoms with Gasteiger partial charge < -0.3 is 5.32 Å². The van der Waals surface area contributed by atoms with Crippen molar-refractivity contribution in [2.75, 3.05) is 10.0 Å². The van der Waals surface area contributed by atoms with Gasteiger partial charge in [0.2, 0.25) is 0 Å². The molecule has 30 heavy (non-hydrogen) atoms. The van der Waals surface area contributed by atoms with Crippen LogP contribution in [-0.2, 0) is 10.0 Å². The van der Waals surface area contributed by atoms with Crippen molar-refractivity contribution in [3.63, 3.8) is 0 Å². The first-order chi connectivity index (χ1) is 14.1. The standard InChI is InChI=1S/C23H23ClN2O3S/c1-14-8-10-19(12-17(14)4)26-30(28,29)21-13-18(9-11-20(21)24)23(27)25-22-15(2)6-5-7-16(22)3/h5-13,26H,1-4H3,(H,25,27). The van der Waals surface area contributed by atoms with Gasteiger partial charge in [0.05, 0.1) is 5.02 Å². The summed E-state index contributed by atoms with van der Waals surface area (Å²) in [6, 6.07) is 15.2. The van der Waals surface area contributed by atoms with Gasteiger partial charge in [-0.15, -0.1) is 0 Å². The highest BCUT2D eigenvalue weighted by Crippen LogP contribution is 2.27. The number of halogens is 1. The number of rotatable bonds is 5. The monoisotopic (exact) mass is 442 g/mol. The largest absolute Gasteiger partial charge is 0.322 e. The second-order valence-electron chi connectivity index (χ2n) is 7.27. The van der Waals surface area contributed by atoms with Crippen molar-refractivity contribution in [3.05, 3.63) is 87.4 Å². The van der Waals surface area contributed by atoms with Gasteiger partial charge in [0.1, 0.15) is 4.90 Å². The summed E-state index contributed by atoms with van der Waals surface area (Å²) in [6.45, 7) is 7.64. The molecule has 0 bridgehead atoms. The zero-order valence-corrected chi connectivity index (χ0v) is 18.8. The number of hydrogen-bond donors (Lipinski definition) is 2. The zero-order chi connectivity index (χ0) is 22.1. The van der Waals surface area contributed by atoms with Gasteiger partial charge in [-0.1, -0.05) is 35.9 Å². The molecule has 1 amide bonds. The number of carbonyl (C=O) groups excluding carboxylic acids is 1. The lowest BCUT2D eigenvalue weighted by Gasteiger charge is -2.14. The molecule has 0 atom stereocenters. The molecule has 0 aliphatic rings. The van der Waals surface area contributed by atoms with Crippen molar-refractivity contribution in [2.45, 2.75) is 32.6 Å². The van der Waals surface area contributed by atoms with Crippen LogP contribution in [0.4, 0.5) is 11.4 Å². The number of aryl methyl sites for hydroxylation is 4. The summed E-state index contributed by atoms with van der Waals surface area (Å²) < 4.78 is 28.4. The fourth-order valence-electron chi connectivity index (χ4n) is 3.06. The van der Waals surface area contributed by atoms with Crippen LogP contribution >= 0.6 is 11.6 Å². The van der Waals surface area contributed by atoms with Crippen LogP contribution in [0.5, 0.6) is 0 Å². The van der Waals surface area contributed by atoms with Gasteiger partial charge in [-0.2, -0.15) is 0 Å². The first-order valence-electron chi connectivity index (χ1n) is 9.35. The number of carbonyl (C=O) groups is 1. The predicted molar refractivity (Wildman–Crippen MR) is 122 cm³/mol. The molecule has 156 valence electrons. The van der Waals surface area contributed by atoms with E-state index in [0.717, 1.165) is 22.3 Å². The molecule has 3 aromatic carbocycles. The lowest BCUT2D eigenvalue weighted by molar-refractivity contribution is 0.102. The van der Waals surface area contributed by atoms with E-state index in [4.69, 9.17) is 11.6 Å². The Balaban J connectivity index is 1.92. The Labute approximate surface area is 182 Å². The molecule has 0 saturated carbocycles. The number of para-hydroxylation sites is 1. The van der Waals surface area contributed by atoms with Gasteiger partial charge >= 0.3 is 0 Å². The van der Waals surface area contributed by atoms with Crippen LogP contribution in [0.1, 0.15) is 32.6 Å². The van der Waals surface area contributed by atoms with E-state index in [1.807, 2.05) is 52.0 Å².